The maximum atomic E-state index is 12.0. The monoisotopic (exact) mass is 301 g/mol. The largest absolute Gasteiger partial charge is 0.334 e. The Morgan fingerprint density at radius 1 is 0.955 bits per heavy atom. The highest BCUT2D eigenvalue weighted by atomic mass is 16.2. The Balaban J connectivity index is 1.39. The Morgan fingerprint density at radius 3 is 2.41 bits per heavy atom. The zero-order valence-electron chi connectivity index (χ0n) is 12.7. The van der Waals surface area contributed by atoms with Gasteiger partial charge in [0.25, 0.3) is 0 Å². The Hall–Kier alpha value is -2.04. The van der Waals surface area contributed by atoms with Crippen LogP contribution in [-0.4, -0.2) is 18.0 Å². The molecule has 5 heteroatoms. The molecule has 0 spiro atoms. The number of amides is 3. The SMILES string of the molecule is O=C(NNC(=O)[C@@H]1C[C@H]1c1ccccc1)NC1CCCCC1. The highest BCUT2D eigenvalue weighted by Crippen LogP contribution is 2.47. The van der Waals surface area contributed by atoms with E-state index in [0.29, 0.717) is 0 Å². The third-order valence-electron chi connectivity index (χ3n) is 4.59. The van der Waals surface area contributed by atoms with Crippen molar-refractivity contribution in [2.75, 3.05) is 0 Å². The van der Waals surface area contributed by atoms with Crippen molar-refractivity contribution in [3.05, 3.63) is 35.9 Å². The van der Waals surface area contributed by atoms with Crippen LogP contribution in [0.3, 0.4) is 0 Å². The van der Waals surface area contributed by atoms with E-state index in [-0.39, 0.29) is 29.8 Å². The zero-order valence-corrected chi connectivity index (χ0v) is 12.7. The molecule has 2 atom stereocenters. The third kappa shape index (κ3) is 3.78. The van der Waals surface area contributed by atoms with Gasteiger partial charge in [0.15, 0.2) is 0 Å². The number of rotatable bonds is 3. The van der Waals surface area contributed by atoms with E-state index in [1.165, 1.54) is 12.0 Å². The number of benzene rings is 1. The predicted molar refractivity (Wildman–Crippen MR) is 84.0 cm³/mol. The first-order chi connectivity index (χ1) is 10.7. The van der Waals surface area contributed by atoms with Gasteiger partial charge in [-0.1, -0.05) is 49.6 Å². The quantitative estimate of drug-likeness (QED) is 0.751. The summed E-state index contributed by atoms with van der Waals surface area (Å²) in [5.74, 6) is 0.148. The number of hydrazine groups is 1. The van der Waals surface area contributed by atoms with Crippen LogP contribution in [0.15, 0.2) is 30.3 Å². The number of nitrogens with one attached hydrogen (secondary N) is 3. The lowest BCUT2D eigenvalue weighted by Gasteiger charge is -2.22. The molecule has 0 heterocycles. The molecule has 2 aliphatic carbocycles. The van der Waals surface area contributed by atoms with Crippen LogP contribution in [0.4, 0.5) is 4.79 Å². The molecular formula is C17H23N3O2. The van der Waals surface area contributed by atoms with Crippen LogP contribution in [0.25, 0.3) is 0 Å². The van der Waals surface area contributed by atoms with Crippen LogP contribution < -0.4 is 16.2 Å². The lowest BCUT2D eigenvalue weighted by molar-refractivity contribution is -0.123. The van der Waals surface area contributed by atoms with Crippen molar-refractivity contribution < 1.29 is 9.59 Å². The van der Waals surface area contributed by atoms with Crippen LogP contribution in [0, 0.1) is 5.92 Å². The molecule has 0 radical (unpaired) electrons. The molecule has 118 valence electrons. The van der Waals surface area contributed by atoms with Gasteiger partial charge in [0.1, 0.15) is 0 Å². The lowest BCUT2D eigenvalue weighted by Crippen LogP contribution is -2.50. The molecule has 0 aromatic heterocycles. The van der Waals surface area contributed by atoms with Gasteiger partial charge in [0, 0.05) is 12.0 Å². The molecule has 0 saturated heterocycles. The smallest absolute Gasteiger partial charge is 0.333 e. The fourth-order valence-corrected chi connectivity index (χ4v) is 3.23. The van der Waals surface area contributed by atoms with E-state index in [9.17, 15) is 9.59 Å². The number of carbonyl (C=O) groups is 2. The normalized spacial score (nSPS) is 24.4. The minimum atomic E-state index is -0.308. The van der Waals surface area contributed by atoms with E-state index in [1.807, 2.05) is 30.3 Å². The molecule has 0 aliphatic heterocycles. The predicted octanol–water partition coefficient (Wildman–Crippen LogP) is 2.45. The fraction of sp³-hybridized carbons (Fsp3) is 0.529. The van der Waals surface area contributed by atoms with Gasteiger partial charge in [0.2, 0.25) is 5.91 Å². The van der Waals surface area contributed by atoms with Crippen LogP contribution in [0.1, 0.15) is 50.0 Å². The standard InChI is InChI=1S/C17H23N3O2/c21-16(15-11-14(15)12-7-3-1-4-8-12)19-20-17(22)18-13-9-5-2-6-10-13/h1,3-4,7-8,13-15H,2,5-6,9-11H2,(H,19,21)(H2,18,20,22)/t14-,15+/m0/s1. The number of urea groups is 1. The summed E-state index contributed by atoms with van der Waals surface area (Å²) in [4.78, 5) is 23.8. The van der Waals surface area contributed by atoms with E-state index < -0.39 is 0 Å². The van der Waals surface area contributed by atoms with Crippen LogP contribution in [-0.2, 0) is 4.79 Å². The second-order valence-corrected chi connectivity index (χ2v) is 6.28. The fourth-order valence-electron chi connectivity index (χ4n) is 3.23. The summed E-state index contributed by atoms with van der Waals surface area (Å²) in [5.41, 5.74) is 6.20. The lowest BCUT2D eigenvalue weighted by atomic mass is 9.96. The average Bonchev–Trinajstić information content (AvgIpc) is 3.35. The van der Waals surface area contributed by atoms with Crippen LogP contribution in [0.5, 0.6) is 0 Å². The molecular weight excluding hydrogens is 278 g/mol. The zero-order chi connectivity index (χ0) is 15.4. The summed E-state index contributed by atoms with van der Waals surface area (Å²) in [7, 11) is 0. The molecule has 2 fully saturated rings. The minimum absolute atomic E-state index is 0.0302. The molecule has 2 aliphatic rings. The first kappa shape index (κ1) is 14.9. The van der Waals surface area contributed by atoms with Crippen LogP contribution >= 0.6 is 0 Å². The van der Waals surface area contributed by atoms with Gasteiger partial charge in [-0.2, -0.15) is 0 Å². The van der Waals surface area contributed by atoms with Crippen molar-refractivity contribution in [2.24, 2.45) is 5.92 Å². The number of hydrogen-bond donors (Lipinski definition) is 3. The summed E-state index contributed by atoms with van der Waals surface area (Å²) in [6.07, 6.45) is 6.48. The highest BCUT2D eigenvalue weighted by Gasteiger charge is 2.43. The summed E-state index contributed by atoms with van der Waals surface area (Å²) in [6.45, 7) is 0. The molecule has 5 nitrogen and oxygen atoms in total. The molecule has 3 N–H and O–H groups in total. The topological polar surface area (TPSA) is 70.2 Å². The minimum Gasteiger partial charge on any atom is -0.334 e. The van der Waals surface area contributed by atoms with E-state index in [4.69, 9.17) is 0 Å². The Bertz CT molecular complexity index is 526. The van der Waals surface area contributed by atoms with Gasteiger partial charge in [0.05, 0.1) is 0 Å². The van der Waals surface area contributed by atoms with E-state index in [2.05, 4.69) is 16.2 Å². The van der Waals surface area contributed by atoms with Gasteiger partial charge in [-0.15, -0.1) is 0 Å². The molecule has 0 bridgehead atoms. The summed E-state index contributed by atoms with van der Waals surface area (Å²) in [6, 6.07) is 9.96. The molecule has 2 saturated carbocycles. The van der Waals surface area contributed by atoms with Gasteiger partial charge in [-0.3, -0.25) is 10.2 Å². The van der Waals surface area contributed by atoms with Crippen LogP contribution in [0.2, 0.25) is 0 Å². The number of carbonyl (C=O) groups excluding carboxylic acids is 2. The van der Waals surface area contributed by atoms with Crippen molar-refractivity contribution in [1.82, 2.24) is 16.2 Å². The van der Waals surface area contributed by atoms with Crippen molar-refractivity contribution in [3.8, 4) is 0 Å². The van der Waals surface area contributed by atoms with Crippen molar-refractivity contribution in [2.45, 2.75) is 50.5 Å². The summed E-state index contributed by atoms with van der Waals surface area (Å²) >= 11 is 0. The van der Waals surface area contributed by atoms with Crippen molar-refractivity contribution >= 4 is 11.9 Å². The Morgan fingerprint density at radius 2 is 1.68 bits per heavy atom. The van der Waals surface area contributed by atoms with Gasteiger partial charge in [-0.05, 0) is 30.7 Å². The Kier molecular flexibility index (Phi) is 4.61. The first-order valence-corrected chi connectivity index (χ1v) is 8.15. The van der Waals surface area contributed by atoms with E-state index in [0.717, 1.165) is 32.1 Å². The van der Waals surface area contributed by atoms with Crippen molar-refractivity contribution in [1.29, 1.82) is 0 Å². The van der Waals surface area contributed by atoms with E-state index in [1.54, 1.807) is 0 Å². The maximum absolute atomic E-state index is 12.0. The summed E-state index contributed by atoms with van der Waals surface area (Å²) < 4.78 is 0. The second-order valence-electron chi connectivity index (χ2n) is 6.28. The highest BCUT2D eigenvalue weighted by molar-refractivity contribution is 5.85. The summed E-state index contributed by atoms with van der Waals surface area (Å²) in [5, 5.41) is 2.91. The van der Waals surface area contributed by atoms with E-state index >= 15 is 0 Å². The molecule has 1 aromatic carbocycles. The molecule has 22 heavy (non-hydrogen) atoms. The van der Waals surface area contributed by atoms with Gasteiger partial charge in [-0.25, -0.2) is 10.2 Å². The van der Waals surface area contributed by atoms with Gasteiger partial charge >= 0.3 is 6.03 Å². The molecule has 0 unspecified atom stereocenters. The third-order valence-corrected chi connectivity index (χ3v) is 4.59. The van der Waals surface area contributed by atoms with Crippen molar-refractivity contribution in [3.63, 3.8) is 0 Å². The first-order valence-electron chi connectivity index (χ1n) is 8.15. The number of hydrogen-bond acceptors (Lipinski definition) is 2. The average molecular weight is 301 g/mol. The van der Waals surface area contributed by atoms with Gasteiger partial charge < -0.3 is 5.32 Å². The Labute approximate surface area is 130 Å². The molecule has 3 rings (SSSR count). The maximum Gasteiger partial charge on any atom is 0.333 e. The second kappa shape index (κ2) is 6.81. The molecule has 3 amide bonds. The molecule has 1 aromatic rings.